The summed E-state index contributed by atoms with van der Waals surface area (Å²) in [5, 5.41) is 0. The number of nitrogens with zero attached hydrogens (tertiary/aromatic N) is 1. The SMILES string of the molecule is CCc1nc(-c2ccc(OC(F)(F)F)cc2)co1. The van der Waals surface area contributed by atoms with Crippen LogP contribution >= 0.6 is 0 Å². The van der Waals surface area contributed by atoms with Crippen LogP contribution in [0.5, 0.6) is 5.75 Å². The van der Waals surface area contributed by atoms with Crippen molar-refractivity contribution in [3.63, 3.8) is 0 Å². The van der Waals surface area contributed by atoms with Crippen LogP contribution in [0.15, 0.2) is 34.9 Å². The molecule has 0 fully saturated rings. The molecule has 18 heavy (non-hydrogen) atoms. The third-order valence-corrected chi connectivity index (χ3v) is 2.24. The van der Waals surface area contributed by atoms with Crippen molar-refractivity contribution in [1.29, 1.82) is 0 Å². The van der Waals surface area contributed by atoms with Gasteiger partial charge in [0.05, 0.1) is 0 Å². The smallest absolute Gasteiger partial charge is 0.448 e. The predicted octanol–water partition coefficient (Wildman–Crippen LogP) is 3.80. The van der Waals surface area contributed by atoms with Crippen LogP contribution in [0.25, 0.3) is 11.3 Å². The molecular formula is C12H10F3NO2. The molecule has 0 aliphatic carbocycles. The highest BCUT2D eigenvalue weighted by molar-refractivity contribution is 5.58. The molecule has 0 bridgehead atoms. The maximum Gasteiger partial charge on any atom is 0.573 e. The molecule has 1 aromatic carbocycles. The molecule has 96 valence electrons. The highest BCUT2D eigenvalue weighted by Crippen LogP contribution is 2.26. The van der Waals surface area contributed by atoms with E-state index >= 15 is 0 Å². The van der Waals surface area contributed by atoms with Gasteiger partial charge in [-0.25, -0.2) is 4.98 Å². The molecule has 0 N–H and O–H groups in total. The van der Waals surface area contributed by atoms with Crippen LogP contribution in [0.1, 0.15) is 12.8 Å². The molecule has 0 radical (unpaired) electrons. The number of aryl methyl sites for hydroxylation is 1. The van der Waals surface area contributed by atoms with Gasteiger partial charge >= 0.3 is 6.36 Å². The van der Waals surface area contributed by atoms with Gasteiger partial charge in [-0.1, -0.05) is 6.92 Å². The number of rotatable bonds is 3. The van der Waals surface area contributed by atoms with Crippen LogP contribution in [-0.2, 0) is 6.42 Å². The van der Waals surface area contributed by atoms with Gasteiger partial charge in [0.2, 0.25) is 0 Å². The highest BCUT2D eigenvalue weighted by atomic mass is 19.4. The second-order valence-electron chi connectivity index (χ2n) is 3.55. The largest absolute Gasteiger partial charge is 0.573 e. The van der Waals surface area contributed by atoms with Gasteiger partial charge in [0.1, 0.15) is 17.7 Å². The van der Waals surface area contributed by atoms with Gasteiger partial charge in [0, 0.05) is 12.0 Å². The van der Waals surface area contributed by atoms with Crippen LogP contribution in [0.2, 0.25) is 0 Å². The van der Waals surface area contributed by atoms with Crippen LogP contribution in [0.4, 0.5) is 13.2 Å². The van der Waals surface area contributed by atoms with Gasteiger partial charge < -0.3 is 9.15 Å². The van der Waals surface area contributed by atoms with Gasteiger partial charge in [-0.15, -0.1) is 13.2 Å². The Balaban J connectivity index is 2.17. The number of benzene rings is 1. The normalized spacial score (nSPS) is 11.6. The van der Waals surface area contributed by atoms with E-state index in [1.807, 2.05) is 6.92 Å². The third kappa shape index (κ3) is 3.03. The van der Waals surface area contributed by atoms with Gasteiger partial charge in [-0.3, -0.25) is 0 Å². The number of aromatic nitrogens is 1. The quantitative estimate of drug-likeness (QED) is 0.838. The van der Waals surface area contributed by atoms with Crippen LogP contribution in [0.3, 0.4) is 0 Å². The molecule has 2 rings (SSSR count). The molecule has 1 aromatic heterocycles. The first kappa shape index (κ1) is 12.5. The molecule has 6 heteroatoms. The lowest BCUT2D eigenvalue weighted by Crippen LogP contribution is -2.16. The maximum atomic E-state index is 12.0. The number of halogens is 3. The van der Waals surface area contributed by atoms with Crippen molar-refractivity contribution >= 4 is 0 Å². The number of hydrogen-bond donors (Lipinski definition) is 0. The Morgan fingerprint density at radius 2 is 1.89 bits per heavy atom. The fourth-order valence-corrected chi connectivity index (χ4v) is 1.43. The molecule has 0 saturated heterocycles. The van der Waals surface area contributed by atoms with E-state index in [2.05, 4.69) is 9.72 Å². The highest BCUT2D eigenvalue weighted by Gasteiger charge is 2.30. The summed E-state index contributed by atoms with van der Waals surface area (Å²) in [5.41, 5.74) is 1.26. The first-order valence-corrected chi connectivity index (χ1v) is 5.28. The molecule has 0 aliphatic heterocycles. The third-order valence-electron chi connectivity index (χ3n) is 2.24. The molecule has 2 aromatic rings. The zero-order chi connectivity index (χ0) is 13.2. The summed E-state index contributed by atoms with van der Waals surface area (Å²) in [7, 11) is 0. The Hall–Kier alpha value is -1.98. The number of hydrogen-bond acceptors (Lipinski definition) is 3. The van der Waals surface area contributed by atoms with Gasteiger partial charge in [-0.2, -0.15) is 0 Å². The van der Waals surface area contributed by atoms with E-state index in [9.17, 15) is 13.2 Å². The second kappa shape index (κ2) is 4.72. The van der Waals surface area contributed by atoms with Crippen LogP contribution in [0, 0.1) is 0 Å². The van der Waals surface area contributed by atoms with E-state index in [-0.39, 0.29) is 5.75 Å². The molecule has 0 aliphatic rings. The topological polar surface area (TPSA) is 35.3 Å². The first-order chi connectivity index (χ1) is 8.48. The molecule has 0 saturated carbocycles. The standard InChI is InChI=1S/C12H10F3NO2/c1-2-11-16-10(7-17-11)8-3-5-9(6-4-8)18-12(13,14)15/h3-7H,2H2,1H3. The zero-order valence-corrected chi connectivity index (χ0v) is 9.49. The molecular weight excluding hydrogens is 247 g/mol. The summed E-state index contributed by atoms with van der Waals surface area (Å²) in [6.07, 6.45) is -2.54. The molecule has 0 spiro atoms. The number of alkyl halides is 3. The number of oxazole rings is 1. The maximum absolute atomic E-state index is 12.0. The summed E-state index contributed by atoms with van der Waals surface area (Å²) in [6.45, 7) is 1.90. The van der Waals surface area contributed by atoms with E-state index in [1.54, 1.807) is 0 Å². The molecule has 1 heterocycles. The van der Waals surface area contributed by atoms with Crippen molar-refractivity contribution in [3.05, 3.63) is 36.4 Å². The lowest BCUT2D eigenvalue weighted by Gasteiger charge is -2.08. The van der Waals surface area contributed by atoms with Crippen molar-refractivity contribution in [3.8, 4) is 17.0 Å². The second-order valence-corrected chi connectivity index (χ2v) is 3.55. The lowest BCUT2D eigenvalue weighted by molar-refractivity contribution is -0.274. The summed E-state index contributed by atoms with van der Waals surface area (Å²) >= 11 is 0. The van der Waals surface area contributed by atoms with Crippen LogP contribution < -0.4 is 4.74 Å². The van der Waals surface area contributed by atoms with Gasteiger partial charge in [0.25, 0.3) is 0 Å². The monoisotopic (exact) mass is 257 g/mol. The minimum absolute atomic E-state index is 0.259. The van der Waals surface area contributed by atoms with E-state index < -0.39 is 6.36 Å². The summed E-state index contributed by atoms with van der Waals surface area (Å²) < 4.78 is 44.8. The Morgan fingerprint density at radius 1 is 1.22 bits per heavy atom. The average Bonchev–Trinajstić information content (AvgIpc) is 2.76. The minimum atomic E-state index is -4.68. The Bertz CT molecular complexity index is 517. The van der Waals surface area contributed by atoms with Crippen molar-refractivity contribution in [1.82, 2.24) is 4.98 Å². The zero-order valence-electron chi connectivity index (χ0n) is 9.49. The Morgan fingerprint density at radius 3 is 2.39 bits per heavy atom. The predicted molar refractivity (Wildman–Crippen MR) is 58.0 cm³/mol. The van der Waals surface area contributed by atoms with E-state index in [4.69, 9.17) is 4.42 Å². The molecule has 0 unspecified atom stereocenters. The Labute approximate surface area is 101 Å². The Kier molecular flexibility index (Phi) is 3.27. The summed E-state index contributed by atoms with van der Waals surface area (Å²) in [6, 6.07) is 5.48. The van der Waals surface area contributed by atoms with Crippen molar-refractivity contribution in [2.45, 2.75) is 19.7 Å². The van der Waals surface area contributed by atoms with E-state index in [0.717, 1.165) is 0 Å². The van der Waals surface area contributed by atoms with Crippen LogP contribution in [-0.4, -0.2) is 11.3 Å². The molecule has 0 atom stereocenters. The minimum Gasteiger partial charge on any atom is -0.448 e. The van der Waals surface area contributed by atoms with E-state index in [1.165, 1.54) is 30.5 Å². The van der Waals surface area contributed by atoms with Gasteiger partial charge in [0.15, 0.2) is 5.89 Å². The van der Waals surface area contributed by atoms with Crippen molar-refractivity contribution in [2.24, 2.45) is 0 Å². The molecule has 0 amide bonds. The fraction of sp³-hybridized carbons (Fsp3) is 0.250. The molecule has 3 nitrogen and oxygen atoms in total. The lowest BCUT2D eigenvalue weighted by atomic mass is 10.2. The van der Waals surface area contributed by atoms with E-state index in [0.29, 0.717) is 23.6 Å². The number of ether oxygens (including phenoxy) is 1. The average molecular weight is 257 g/mol. The summed E-state index contributed by atoms with van der Waals surface area (Å²) in [5.74, 6) is 0.325. The first-order valence-electron chi connectivity index (χ1n) is 5.28. The van der Waals surface area contributed by atoms with Crippen molar-refractivity contribution in [2.75, 3.05) is 0 Å². The van der Waals surface area contributed by atoms with Crippen molar-refractivity contribution < 1.29 is 22.3 Å². The summed E-state index contributed by atoms with van der Waals surface area (Å²) in [4.78, 5) is 4.17. The fourth-order valence-electron chi connectivity index (χ4n) is 1.43. The van der Waals surface area contributed by atoms with Gasteiger partial charge in [-0.05, 0) is 24.3 Å².